The monoisotopic (exact) mass is 395 g/mol. The summed E-state index contributed by atoms with van der Waals surface area (Å²) in [5.74, 6) is 0.0987. The van der Waals surface area contributed by atoms with Crippen molar-refractivity contribution in [2.24, 2.45) is 0 Å². The molecular weight excluding hydrogens is 374 g/mol. The number of carbonyl (C=O) groups excluding carboxylic acids is 2. The van der Waals surface area contributed by atoms with Gasteiger partial charge in [0, 0.05) is 11.4 Å². The minimum atomic E-state index is -0.437. The zero-order valence-corrected chi connectivity index (χ0v) is 16.1. The van der Waals surface area contributed by atoms with E-state index in [2.05, 4.69) is 25.8 Å². The quantitative estimate of drug-likeness (QED) is 0.724. The number of hydrogen-bond donors (Lipinski definition) is 2. The molecule has 3 amide bonds. The van der Waals surface area contributed by atoms with Gasteiger partial charge in [-0.1, -0.05) is 31.0 Å². The van der Waals surface area contributed by atoms with Gasteiger partial charge in [-0.15, -0.1) is 21.5 Å². The highest BCUT2D eigenvalue weighted by atomic mass is 32.2. The third-order valence-electron chi connectivity index (χ3n) is 3.97. The Balaban J connectivity index is 1.39. The molecule has 10 heteroatoms. The first-order valence-electron chi connectivity index (χ1n) is 8.55. The minimum Gasteiger partial charge on any atom is -0.416 e. The van der Waals surface area contributed by atoms with Crippen LogP contribution in [0.1, 0.15) is 48.7 Å². The van der Waals surface area contributed by atoms with Crippen LogP contribution >= 0.6 is 23.1 Å². The second-order valence-electron chi connectivity index (χ2n) is 6.14. The molecule has 0 aliphatic heterocycles. The number of thioether (sulfide) groups is 1. The van der Waals surface area contributed by atoms with Gasteiger partial charge in [-0.25, -0.2) is 9.78 Å². The maximum absolute atomic E-state index is 11.9. The maximum atomic E-state index is 11.9. The first-order valence-corrected chi connectivity index (χ1v) is 10.4. The van der Waals surface area contributed by atoms with Crippen LogP contribution in [0.15, 0.2) is 15.0 Å². The SMILES string of the molecule is Cc1nc(Cc2nnc(SCC(=O)NC(=O)NC3CCCCC3)o2)cs1. The van der Waals surface area contributed by atoms with E-state index >= 15 is 0 Å². The lowest BCUT2D eigenvalue weighted by Gasteiger charge is -2.22. The van der Waals surface area contributed by atoms with Crippen molar-refractivity contribution in [1.29, 1.82) is 0 Å². The zero-order chi connectivity index (χ0) is 18.4. The van der Waals surface area contributed by atoms with E-state index in [0.717, 1.165) is 48.1 Å². The third kappa shape index (κ3) is 5.80. The van der Waals surface area contributed by atoms with Gasteiger partial charge in [0.2, 0.25) is 11.8 Å². The molecule has 1 saturated carbocycles. The molecule has 3 rings (SSSR count). The predicted octanol–water partition coefficient (Wildman–Crippen LogP) is 2.68. The highest BCUT2D eigenvalue weighted by molar-refractivity contribution is 7.99. The number of amides is 3. The Morgan fingerprint density at radius 1 is 1.31 bits per heavy atom. The number of nitrogens with zero attached hydrogens (tertiary/aromatic N) is 3. The summed E-state index contributed by atoms with van der Waals surface area (Å²) in [6.07, 6.45) is 5.86. The van der Waals surface area contributed by atoms with E-state index in [4.69, 9.17) is 4.42 Å². The first-order chi connectivity index (χ1) is 12.6. The van der Waals surface area contributed by atoms with Crippen molar-refractivity contribution in [2.75, 3.05) is 5.75 Å². The second kappa shape index (κ2) is 9.13. The van der Waals surface area contributed by atoms with E-state index in [9.17, 15) is 9.59 Å². The van der Waals surface area contributed by atoms with Crippen LogP contribution in [0.5, 0.6) is 0 Å². The molecule has 0 radical (unpaired) electrons. The minimum absolute atomic E-state index is 0.0372. The van der Waals surface area contributed by atoms with Crippen molar-refractivity contribution in [3.8, 4) is 0 Å². The molecule has 0 unspecified atom stereocenters. The molecular formula is C16H21N5O3S2. The van der Waals surface area contributed by atoms with Crippen LogP contribution < -0.4 is 10.6 Å². The zero-order valence-electron chi connectivity index (χ0n) is 14.5. The summed E-state index contributed by atoms with van der Waals surface area (Å²) in [5, 5.41) is 16.3. The molecule has 2 aromatic heterocycles. The molecule has 2 N–H and O–H groups in total. The normalized spacial score (nSPS) is 15.0. The van der Waals surface area contributed by atoms with Gasteiger partial charge in [-0.05, 0) is 19.8 Å². The standard InChI is InChI=1S/C16H21N5O3S2/c1-10-17-12(8-25-10)7-14-20-21-16(24-14)26-9-13(22)19-15(23)18-11-5-3-2-4-6-11/h8,11H,2-7,9H2,1H3,(H2,18,19,22,23). The van der Waals surface area contributed by atoms with Gasteiger partial charge in [-0.3, -0.25) is 10.1 Å². The van der Waals surface area contributed by atoms with Crippen molar-refractivity contribution in [1.82, 2.24) is 25.8 Å². The Labute approximate surface area is 159 Å². The van der Waals surface area contributed by atoms with Crippen molar-refractivity contribution < 1.29 is 14.0 Å². The fourth-order valence-electron chi connectivity index (χ4n) is 2.77. The maximum Gasteiger partial charge on any atom is 0.321 e. The molecule has 2 heterocycles. The van der Waals surface area contributed by atoms with Gasteiger partial charge in [0.25, 0.3) is 5.22 Å². The predicted molar refractivity (Wildman–Crippen MR) is 98.2 cm³/mol. The number of rotatable bonds is 6. The lowest BCUT2D eigenvalue weighted by Crippen LogP contribution is -2.45. The molecule has 8 nitrogen and oxygen atoms in total. The van der Waals surface area contributed by atoms with Crippen LogP contribution in [0.4, 0.5) is 4.79 Å². The number of carbonyl (C=O) groups is 2. The van der Waals surface area contributed by atoms with Crippen LogP contribution in [-0.2, 0) is 11.2 Å². The van der Waals surface area contributed by atoms with Gasteiger partial charge >= 0.3 is 6.03 Å². The molecule has 2 aromatic rings. The van der Waals surface area contributed by atoms with Gasteiger partial charge in [0.15, 0.2) is 0 Å². The number of hydrogen-bond acceptors (Lipinski definition) is 8. The van der Waals surface area contributed by atoms with E-state index in [1.807, 2.05) is 12.3 Å². The van der Waals surface area contributed by atoms with Gasteiger partial charge < -0.3 is 9.73 Å². The fourth-order valence-corrected chi connectivity index (χ4v) is 3.96. The summed E-state index contributed by atoms with van der Waals surface area (Å²) in [6, 6.07) is -0.273. The molecule has 0 bridgehead atoms. The van der Waals surface area contributed by atoms with Crippen molar-refractivity contribution in [3.05, 3.63) is 22.0 Å². The molecule has 26 heavy (non-hydrogen) atoms. The Hall–Kier alpha value is -1.94. The summed E-state index contributed by atoms with van der Waals surface area (Å²) in [5.41, 5.74) is 0.879. The van der Waals surface area contributed by atoms with Crippen molar-refractivity contribution in [3.63, 3.8) is 0 Å². The van der Waals surface area contributed by atoms with Crippen molar-refractivity contribution in [2.45, 2.75) is 56.7 Å². The second-order valence-corrected chi connectivity index (χ2v) is 8.13. The van der Waals surface area contributed by atoms with Crippen LogP contribution in [-0.4, -0.2) is 38.9 Å². The van der Waals surface area contributed by atoms with Crippen LogP contribution in [0.3, 0.4) is 0 Å². The number of urea groups is 1. The van der Waals surface area contributed by atoms with Crippen LogP contribution in [0.2, 0.25) is 0 Å². The summed E-state index contributed by atoms with van der Waals surface area (Å²) in [4.78, 5) is 28.1. The molecule has 1 aliphatic carbocycles. The number of thiazole rings is 1. The van der Waals surface area contributed by atoms with E-state index in [1.165, 1.54) is 6.42 Å². The number of aromatic nitrogens is 3. The molecule has 0 spiro atoms. The van der Waals surface area contributed by atoms with Crippen molar-refractivity contribution >= 4 is 35.0 Å². The largest absolute Gasteiger partial charge is 0.416 e. The smallest absolute Gasteiger partial charge is 0.321 e. The van der Waals surface area contributed by atoms with Gasteiger partial charge in [-0.2, -0.15) is 0 Å². The van der Waals surface area contributed by atoms with E-state index < -0.39 is 11.9 Å². The number of imide groups is 1. The Bertz CT molecular complexity index is 755. The van der Waals surface area contributed by atoms with E-state index in [0.29, 0.717) is 17.5 Å². The number of nitrogens with one attached hydrogen (secondary N) is 2. The average Bonchev–Trinajstić information content (AvgIpc) is 3.23. The Morgan fingerprint density at radius 2 is 2.12 bits per heavy atom. The summed E-state index contributed by atoms with van der Waals surface area (Å²) < 4.78 is 5.50. The highest BCUT2D eigenvalue weighted by Gasteiger charge is 2.17. The van der Waals surface area contributed by atoms with Gasteiger partial charge in [0.1, 0.15) is 0 Å². The van der Waals surface area contributed by atoms with Gasteiger partial charge in [0.05, 0.1) is 22.9 Å². The summed E-state index contributed by atoms with van der Waals surface area (Å²) in [6.45, 7) is 1.94. The Morgan fingerprint density at radius 3 is 2.85 bits per heavy atom. The topological polar surface area (TPSA) is 110 Å². The van der Waals surface area contributed by atoms with E-state index in [1.54, 1.807) is 11.3 Å². The summed E-state index contributed by atoms with van der Waals surface area (Å²) >= 11 is 2.67. The highest BCUT2D eigenvalue weighted by Crippen LogP contribution is 2.19. The van der Waals surface area contributed by atoms with Crippen LogP contribution in [0, 0.1) is 6.92 Å². The molecule has 140 valence electrons. The number of aryl methyl sites for hydroxylation is 1. The average molecular weight is 396 g/mol. The molecule has 1 fully saturated rings. The molecule has 0 saturated heterocycles. The first kappa shape index (κ1) is 18.8. The Kier molecular flexibility index (Phi) is 6.62. The third-order valence-corrected chi connectivity index (χ3v) is 5.61. The summed E-state index contributed by atoms with van der Waals surface area (Å²) in [7, 11) is 0. The molecule has 1 aliphatic rings. The molecule has 0 aromatic carbocycles. The molecule has 0 atom stereocenters. The van der Waals surface area contributed by atoms with Crippen LogP contribution in [0.25, 0.3) is 0 Å². The fraction of sp³-hybridized carbons (Fsp3) is 0.562. The lowest BCUT2D eigenvalue weighted by molar-refractivity contribution is -0.117. The van der Waals surface area contributed by atoms with E-state index in [-0.39, 0.29) is 11.8 Å². The lowest BCUT2D eigenvalue weighted by atomic mass is 9.96.